The van der Waals surface area contributed by atoms with Crippen molar-refractivity contribution in [1.29, 1.82) is 0 Å². The first-order chi connectivity index (χ1) is 22.0. The van der Waals surface area contributed by atoms with Gasteiger partial charge < -0.3 is 14.7 Å². The second kappa shape index (κ2) is 10.6. The zero-order valence-electron chi connectivity index (χ0n) is 25.0. The number of rotatable bonds is 8. The van der Waals surface area contributed by atoms with Crippen LogP contribution in [0, 0.1) is 5.92 Å². The van der Waals surface area contributed by atoms with E-state index in [1.165, 1.54) is 0 Å². The van der Waals surface area contributed by atoms with Gasteiger partial charge in [0.1, 0.15) is 0 Å². The summed E-state index contributed by atoms with van der Waals surface area (Å²) in [7, 11) is 0. The number of hydrogen-bond donors (Lipinski definition) is 1. The molecule has 1 aromatic heterocycles. The molecule has 0 aliphatic carbocycles. The van der Waals surface area contributed by atoms with Crippen molar-refractivity contribution in [2.45, 2.75) is 51.0 Å². The SMILES string of the molecule is C[C@@H]1C[C@H](CCn2cc(CCO)nn2)O[C@@]12C(=O)N(Cc1cccc(N3C(=O)c4cccc5cccc3c45)c1)c1ccccc12. The fraction of sp³-hybridized carbons (Fsp3) is 0.278. The lowest BCUT2D eigenvalue weighted by Gasteiger charge is -2.28. The molecular formula is C36H33N5O4. The third-order valence-electron chi connectivity index (χ3n) is 9.52. The zero-order chi connectivity index (χ0) is 30.7. The van der Waals surface area contributed by atoms with Crippen LogP contribution in [0.15, 0.2) is 91.1 Å². The highest BCUT2D eigenvalue weighted by Crippen LogP contribution is 2.54. The number of fused-ring (bicyclic) bond motifs is 2. The first kappa shape index (κ1) is 27.7. The summed E-state index contributed by atoms with van der Waals surface area (Å²) in [6.07, 6.45) is 3.67. The Morgan fingerprint density at radius 2 is 1.78 bits per heavy atom. The summed E-state index contributed by atoms with van der Waals surface area (Å²) in [5, 5.41) is 19.5. The Morgan fingerprint density at radius 1 is 0.978 bits per heavy atom. The monoisotopic (exact) mass is 599 g/mol. The average Bonchev–Trinajstić information content (AvgIpc) is 3.78. The van der Waals surface area contributed by atoms with Gasteiger partial charge in [0, 0.05) is 48.3 Å². The van der Waals surface area contributed by atoms with E-state index in [0.29, 0.717) is 31.5 Å². The number of benzene rings is 4. The number of hydrogen-bond acceptors (Lipinski definition) is 6. The number of nitrogens with zero attached hydrogens (tertiary/aromatic N) is 5. The average molecular weight is 600 g/mol. The van der Waals surface area contributed by atoms with Gasteiger partial charge in [-0.2, -0.15) is 0 Å². The normalized spacial score (nSPS) is 21.9. The number of anilines is 3. The molecule has 2 amide bonds. The number of aryl methyl sites for hydroxylation is 1. The zero-order valence-corrected chi connectivity index (χ0v) is 25.0. The smallest absolute Gasteiger partial charge is 0.264 e. The summed E-state index contributed by atoms with van der Waals surface area (Å²) in [4.78, 5) is 31.7. The number of aromatic nitrogens is 3. The number of ether oxygens (including phenoxy) is 1. The molecule has 5 aromatic rings. The fourth-order valence-corrected chi connectivity index (χ4v) is 7.46. The predicted octanol–water partition coefficient (Wildman–Crippen LogP) is 5.52. The molecule has 4 aromatic carbocycles. The van der Waals surface area contributed by atoms with E-state index in [1.54, 1.807) is 9.58 Å². The molecule has 3 aliphatic rings. The highest BCUT2D eigenvalue weighted by molar-refractivity contribution is 6.27. The van der Waals surface area contributed by atoms with Crippen LogP contribution in [0.4, 0.5) is 17.1 Å². The van der Waals surface area contributed by atoms with Gasteiger partial charge in [0.05, 0.1) is 35.3 Å². The van der Waals surface area contributed by atoms with Crippen molar-refractivity contribution >= 4 is 39.6 Å². The highest BCUT2D eigenvalue weighted by Gasteiger charge is 2.59. The maximum atomic E-state index is 14.5. The van der Waals surface area contributed by atoms with Crippen LogP contribution in [-0.4, -0.2) is 44.6 Å². The minimum absolute atomic E-state index is 0.0191. The Hall–Kier alpha value is -4.86. The summed E-state index contributed by atoms with van der Waals surface area (Å²) in [5.74, 6) is -0.117. The van der Waals surface area contributed by atoms with E-state index in [4.69, 9.17) is 4.74 Å². The van der Waals surface area contributed by atoms with Gasteiger partial charge in [-0.1, -0.05) is 66.7 Å². The quantitative estimate of drug-likeness (QED) is 0.252. The van der Waals surface area contributed by atoms with E-state index in [2.05, 4.69) is 17.2 Å². The van der Waals surface area contributed by atoms with Crippen LogP contribution in [-0.2, 0) is 34.6 Å². The van der Waals surface area contributed by atoms with Gasteiger partial charge in [0.25, 0.3) is 11.8 Å². The maximum Gasteiger partial charge on any atom is 0.264 e. The second-order valence-electron chi connectivity index (χ2n) is 12.2. The standard InChI is InChI=1S/C36H33N5O4/c1-23-19-28(15-17-39-22-26(16-18-42)37-38-39)45-36(23)30-12-2-3-13-31(30)40(35(36)44)21-24-7-4-10-27(20-24)41-32-14-6-9-25-8-5-11-29(33(25)32)34(41)43/h2-14,20,22-23,28,42H,15-19,21H2,1H3/t23-,28+,36+/m1/s1. The number of carbonyl (C=O) groups excluding carboxylic acids is 2. The van der Waals surface area contributed by atoms with Gasteiger partial charge >= 0.3 is 0 Å². The molecule has 9 heteroatoms. The van der Waals surface area contributed by atoms with E-state index in [-0.39, 0.29) is 30.4 Å². The maximum absolute atomic E-state index is 14.5. The molecule has 1 fully saturated rings. The molecule has 1 spiro atoms. The first-order valence-electron chi connectivity index (χ1n) is 15.5. The lowest BCUT2D eigenvalue weighted by molar-refractivity contribution is -0.146. The molecule has 1 N–H and O–H groups in total. The van der Waals surface area contributed by atoms with Crippen molar-refractivity contribution in [3.63, 3.8) is 0 Å². The molecular weight excluding hydrogens is 566 g/mol. The van der Waals surface area contributed by atoms with Crippen LogP contribution in [0.1, 0.15) is 46.9 Å². The molecule has 1 saturated heterocycles. The number of para-hydroxylation sites is 1. The third-order valence-corrected chi connectivity index (χ3v) is 9.52. The highest BCUT2D eigenvalue weighted by atomic mass is 16.5. The van der Waals surface area contributed by atoms with Crippen LogP contribution in [0.5, 0.6) is 0 Å². The minimum atomic E-state index is -1.05. The molecule has 8 rings (SSSR count). The van der Waals surface area contributed by atoms with Crippen LogP contribution in [0.25, 0.3) is 10.8 Å². The van der Waals surface area contributed by atoms with Crippen molar-refractivity contribution in [1.82, 2.24) is 15.0 Å². The third kappa shape index (κ3) is 4.29. The Balaban J connectivity index is 1.06. The van der Waals surface area contributed by atoms with Gasteiger partial charge in [0.15, 0.2) is 5.60 Å². The van der Waals surface area contributed by atoms with Gasteiger partial charge in [-0.25, -0.2) is 0 Å². The number of amides is 2. The van der Waals surface area contributed by atoms with Crippen LogP contribution in [0.3, 0.4) is 0 Å². The number of carbonyl (C=O) groups is 2. The first-order valence-corrected chi connectivity index (χ1v) is 15.5. The van der Waals surface area contributed by atoms with Crippen molar-refractivity contribution in [3.8, 4) is 0 Å². The summed E-state index contributed by atoms with van der Waals surface area (Å²) in [6, 6.07) is 27.7. The molecule has 226 valence electrons. The summed E-state index contributed by atoms with van der Waals surface area (Å²) in [6.45, 7) is 3.11. The van der Waals surface area contributed by atoms with Gasteiger partial charge in [0.2, 0.25) is 0 Å². The lowest BCUT2D eigenvalue weighted by atomic mass is 9.83. The van der Waals surface area contributed by atoms with Crippen molar-refractivity contribution in [3.05, 3.63) is 114 Å². The molecule has 45 heavy (non-hydrogen) atoms. The van der Waals surface area contributed by atoms with Crippen LogP contribution >= 0.6 is 0 Å². The van der Waals surface area contributed by atoms with Gasteiger partial charge in [-0.3, -0.25) is 19.2 Å². The minimum Gasteiger partial charge on any atom is -0.396 e. The van der Waals surface area contributed by atoms with Crippen molar-refractivity contribution in [2.24, 2.45) is 5.92 Å². The van der Waals surface area contributed by atoms with E-state index in [9.17, 15) is 14.7 Å². The molecule has 0 unspecified atom stereocenters. The fourth-order valence-electron chi connectivity index (χ4n) is 7.46. The van der Waals surface area contributed by atoms with E-state index >= 15 is 0 Å². The Kier molecular flexibility index (Phi) is 6.54. The molecule has 4 heterocycles. The van der Waals surface area contributed by atoms with Crippen LogP contribution < -0.4 is 9.80 Å². The molecule has 3 aliphatic heterocycles. The molecule has 9 nitrogen and oxygen atoms in total. The van der Waals surface area contributed by atoms with Crippen molar-refractivity contribution in [2.75, 3.05) is 16.4 Å². The Morgan fingerprint density at radius 3 is 2.64 bits per heavy atom. The Bertz CT molecular complexity index is 1970. The van der Waals surface area contributed by atoms with E-state index in [1.807, 2.05) is 96.0 Å². The van der Waals surface area contributed by atoms with Crippen LogP contribution in [0.2, 0.25) is 0 Å². The summed E-state index contributed by atoms with van der Waals surface area (Å²) >= 11 is 0. The Labute approximate surface area is 260 Å². The second-order valence-corrected chi connectivity index (χ2v) is 12.2. The largest absolute Gasteiger partial charge is 0.396 e. The molecule has 0 radical (unpaired) electrons. The lowest BCUT2D eigenvalue weighted by Crippen LogP contribution is -2.43. The number of aliphatic hydroxyl groups excluding tert-OH is 1. The molecule has 0 saturated carbocycles. The summed E-state index contributed by atoms with van der Waals surface area (Å²) < 4.78 is 8.52. The summed E-state index contributed by atoms with van der Waals surface area (Å²) in [5.41, 5.74) is 4.75. The topological polar surface area (TPSA) is 101 Å². The van der Waals surface area contributed by atoms with Gasteiger partial charge in [-0.05, 0) is 54.1 Å². The molecule has 3 atom stereocenters. The van der Waals surface area contributed by atoms with E-state index in [0.717, 1.165) is 51.1 Å². The molecule has 0 bridgehead atoms. The van der Waals surface area contributed by atoms with Gasteiger partial charge in [-0.15, -0.1) is 5.10 Å². The van der Waals surface area contributed by atoms with E-state index < -0.39 is 5.60 Å². The predicted molar refractivity (Wildman–Crippen MR) is 170 cm³/mol. The van der Waals surface area contributed by atoms with Crippen molar-refractivity contribution < 1.29 is 19.4 Å². The number of aliphatic hydroxyl groups is 1.